The third-order valence-electron chi connectivity index (χ3n) is 3.48. The van der Waals surface area contributed by atoms with Crippen LogP contribution in [-0.2, 0) is 6.18 Å². The van der Waals surface area contributed by atoms with E-state index < -0.39 is 22.7 Å². The van der Waals surface area contributed by atoms with Crippen LogP contribution < -0.4 is 10.6 Å². The normalized spacial score (nSPS) is 11.3. The Hall–Kier alpha value is -2.35. The molecule has 0 atom stereocenters. The molecular formula is C17H18ClF3N4O. The fraction of sp³-hybridized carbons (Fsp3) is 0.353. The van der Waals surface area contributed by atoms with E-state index >= 15 is 0 Å². The molecule has 0 unspecified atom stereocenters. The molecule has 140 valence electrons. The van der Waals surface area contributed by atoms with Crippen molar-refractivity contribution in [3.8, 4) is 0 Å². The first-order valence-electron chi connectivity index (χ1n) is 8.06. The first-order valence-corrected chi connectivity index (χ1v) is 8.44. The number of carbonyl (C=O) groups excluding carboxylic acids is 1. The van der Waals surface area contributed by atoms with Gasteiger partial charge in [-0.05, 0) is 30.7 Å². The lowest BCUT2D eigenvalue weighted by Crippen LogP contribution is -2.16. The monoisotopic (exact) mass is 386 g/mol. The SMILES string of the molecule is CCCCCNc1nccc(C(=O)Nc2ccc(Cl)c(C(F)(F)F)c2)n1. The van der Waals surface area contributed by atoms with Crippen LogP contribution in [0.2, 0.25) is 5.02 Å². The number of nitrogens with one attached hydrogen (secondary N) is 2. The van der Waals surface area contributed by atoms with E-state index in [-0.39, 0.29) is 11.4 Å². The number of alkyl halides is 3. The fourth-order valence-electron chi connectivity index (χ4n) is 2.16. The first-order chi connectivity index (χ1) is 12.3. The van der Waals surface area contributed by atoms with E-state index in [9.17, 15) is 18.0 Å². The highest BCUT2D eigenvalue weighted by molar-refractivity contribution is 6.31. The fourth-order valence-corrected chi connectivity index (χ4v) is 2.39. The summed E-state index contributed by atoms with van der Waals surface area (Å²) in [6.07, 6.45) is -0.117. The Labute approximate surface area is 154 Å². The molecule has 2 aromatic rings. The van der Waals surface area contributed by atoms with Crippen molar-refractivity contribution in [1.29, 1.82) is 0 Å². The van der Waals surface area contributed by atoms with Crippen LogP contribution in [0.4, 0.5) is 24.8 Å². The average Bonchev–Trinajstić information content (AvgIpc) is 2.59. The van der Waals surface area contributed by atoms with E-state index in [1.165, 1.54) is 18.3 Å². The van der Waals surface area contributed by atoms with Gasteiger partial charge in [-0.25, -0.2) is 9.97 Å². The Morgan fingerprint density at radius 3 is 2.69 bits per heavy atom. The molecule has 2 rings (SSSR count). The van der Waals surface area contributed by atoms with Crippen molar-refractivity contribution in [2.75, 3.05) is 17.2 Å². The highest BCUT2D eigenvalue weighted by Gasteiger charge is 2.33. The number of carbonyl (C=O) groups is 1. The van der Waals surface area contributed by atoms with Gasteiger partial charge in [0.25, 0.3) is 5.91 Å². The van der Waals surface area contributed by atoms with Crippen molar-refractivity contribution in [2.45, 2.75) is 32.4 Å². The summed E-state index contributed by atoms with van der Waals surface area (Å²) in [5, 5.41) is 4.96. The molecule has 0 aliphatic carbocycles. The van der Waals surface area contributed by atoms with E-state index in [1.54, 1.807) is 0 Å². The predicted molar refractivity (Wildman–Crippen MR) is 94.5 cm³/mol. The largest absolute Gasteiger partial charge is 0.417 e. The number of aromatic nitrogens is 2. The number of halogens is 4. The van der Waals surface area contributed by atoms with Crippen molar-refractivity contribution in [3.63, 3.8) is 0 Å². The first kappa shape index (κ1) is 20.0. The summed E-state index contributed by atoms with van der Waals surface area (Å²) in [7, 11) is 0. The molecule has 0 saturated heterocycles. The van der Waals surface area contributed by atoms with E-state index in [4.69, 9.17) is 11.6 Å². The highest BCUT2D eigenvalue weighted by atomic mass is 35.5. The van der Waals surface area contributed by atoms with Crippen LogP contribution in [0.15, 0.2) is 30.5 Å². The van der Waals surface area contributed by atoms with Crippen LogP contribution >= 0.6 is 11.6 Å². The van der Waals surface area contributed by atoms with Crippen LogP contribution in [0.1, 0.15) is 42.2 Å². The second kappa shape index (κ2) is 8.84. The molecule has 0 fully saturated rings. The lowest BCUT2D eigenvalue weighted by atomic mass is 10.2. The Bertz CT molecular complexity index is 768. The number of anilines is 2. The summed E-state index contributed by atoms with van der Waals surface area (Å²) < 4.78 is 38.7. The maximum absolute atomic E-state index is 12.9. The standard InChI is InChI=1S/C17H18ClF3N4O/c1-2-3-4-8-22-16-23-9-7-14(25-16)15(26)24-11-5-6-13(18)12(10-11)17(19,20)21/h5-7,9-10H,2-4,8H2,1H3,(H,24,26)(H,22,23,25). The predicted octanol–water partition coefficient (Wildman–Crippen LogP) is 5.00. The second-order valence-corrected chi connectivity index (χ2v) is 5.95. The molecule has 1 amide bonds. The van der Waals surface area contributed by atoms with Crippen molar-refractivity contribution in [1.82, 2.24) is 9.97 Å². The molecule has 1 aromatic carbocycles. The average molecular weight is 387 g/mol. The number of benzene rings is 1. The van der Waals surface area contributed by atoms with Gasteiger partial charge in [-0.2, -0.15) is 13.2 Å². The summed E-state index contributed by atoms with van der Waals surface area (Å²) in [5.41, 5.74) is -0.998. The zero-order valence-electron chi connectivity index (χ0n) is 14.0. The van der Waals surface area contributed by atoms with Gasteiger partial charge in [0, 0.05) is 18.4 Å². The maximum atomic E-state index is 12.9. The molecule has 5 nitrogen and oxygen atoms in total. The van der Waals surface area contributed by atoms with Gasteiger partial charge in [0.05, 0.1) is 10.6 Å². The van der Waals surface area contributed by atoms with Crippen LogP contribution in [0, 0.1) is 0 Å². The molecule has 1 aromatic heterocycles. The third-order valence-corrected chi connectivity index (χ3v) is 3.81. The van der Waals surface area contributed by atoms with E-state index in [1.807, 2.05) is 0 Å². The summed E-state index contributed by atoms with van der Waals surface area (Å²) in [6.45, 7) is 2.76. The molecule has 0 radical (unpaired) electrons. The summed E-state index contributed by atoms with van der Waals surface area (Å²) in [5.74, 6) is -0.347. The van der Waals surface area contributed by atoms with Gasteiger partial charge in [-0.1, -0.05) is 31.4 Å². The minimum Gasteiger partial charge on any atom is -0.354 e. The summed E-state index contributed by atoms with van der Waals surface area (Å²) in [4.78, 5) is 20.3. The number of rotatable bonds is 7. The van der Waals surface area contributed by atoms with Crippen LogP contribution in [0.5, 0.6) is 0 Å². The molecule has 0 aliphatic rings. The Morgan fingerprint density at radius 2 is 2.00 bits per heavy atom. The third kappa shape index (κ3) is 5.59. The molecule has 0 aliphatic heterocycles. The van der Waals surface area contributed by atoms with Crippen LogP contribution in [0.25, 0.3) is 0 Å². The second-order valence-electron chi connectivity index (χ2n) is 5.55. The Balaban J connectivity index is 2.08. The topological polar surface area (TPSA) is 66.9 Å². The van der Waals surface area contributed by atoms with Gasteiger partial charge in [0.15, 0.2) is 0 Å². The Kier molecular flexibility index (Phi) is 6.79. The Morgan fingerprint density at radius 1 is 1.23 bits per heavy atom. The van der Waals surface area contributed by atoms with Gasteiger partial charge in [-0.15, -0.1) is 0 Å². The maximum Gasteiger partial charge on any atom is 0.417 e. The van der Waals surface area contributed by atoms with Gasteiger partial charge < -0.3 is 10.6 Å². The van der Waals surface area contributed by atoms with Crippen LogP contribution in [0.3, 0.4) is 0 Å². The molecule has 26 heavy (non-hydrogen) atoms. The van der Waals surface area contributed by atoms with Crippen LogP contribution in [-0.4, -0.2) is 22.4 Å². The van der Waals surface area contributed by atoms with Crippen molar-refractivity contribution in [3.05, 3.63) is 46.7 Å². The van der Waals surface area contributed by atoms with Gasteiger partial charge in [-0.3, -0.25) is 4.79 Å². The minimum atomic E-state index is -4.61. The van der Waals surface area contributed by atoms with E-state index in [0.29, 0.717) is 12.5 Å². The van der Waals surface area contributed by atoms with Crippen molar-refractivity contribution < 1.29 is 18.0 Å². The number of hydrogen-bond acceptors (Lipinski definition) is 4. The van der Waals surface area contributed by atoms with Gasteiger partial charge >= 0.3 is 6.18 Å². The molecule has 0 bridgehead atoms. The zero-order chi connectivity index (χ0) is 19.2. The molecule has 9 heteroatoms. The smallest absolute Gasteiger partial charge is 0.354 e. The van der Waals surface area contributed by atoms with E-state index in [2.05, 4.69) is 27.5 Å². The number of unbranched alkanes of at least 4 members (excludes halogenated alkanes) is 2. The molecule has 0 saturated carbocycles. The number of hydrogen-bond donors (Lipinski definition) is 2. The molecular weight excluding hydrogens is 369 g/mol. The quantitative estimate of drug-likeness (QED) is 0.657. The summed E-state index contributed by atoms with van der Waals surface area (Å²) in [6, 6.07) is 4.54. The zero-order valence-corrected chi connectivity index (χ0v) is 14.8. The molecule has 0 spiro atoms. The molecule has 2 N–H and O–H groups in total. The van der Waals surface area contributed by atoms with Gasteiger partial charge in [0.1, 0.15) is 5.69 Å². The lowest BCUT2D eigenvalue weighted by molar-refractivity contribution is -0.137. The van der Waals surface area contributed by atoms with Crippen molar-refractivity contribution >= 4 is 29.1 Å². The summed E-state index contributed by atoms with van der Waals surface area (Å²) >= 11 is 5.56. The van der Waals surface area contributed by atoms with E-state index in [0.717, 1.165) is 31.4 Å². The molecule has 1 heterocycles. The van der Waals surface area contributed by atoms with Crippen molar-refractivity contribution in [2.24, 2.45) is 0 Å². The van der Waals surface area contributed by atoms with Gasteiger partial charge in [0.2, 0.25) is 5.95 Å². The minimum absolute atomic E-state index is 0.0252. The highest BCUT2D eigenvalue weighted by Crippen LogP contribution is 2.36. The number of nitrogens with zero attached hydrogens (tertiary/aromatic N) is 2. The lowest BCUT2D eigenvalue weighted by Gasteiger charge is -2.12. The number of amides is 1.